The molecule has 3 rings (SSSR count). The second-order valence-electron chi connectivity index (χ2n) is 6.45. The number of anilines is 1. The predicted molar refractivity (Wildman–Crippen MR) is 104 cm³/mol. The van der Waals surface area contributed by atoms with Crippen LogP contribution in [-0.4, -0.2) is 54.8 Å². The highest BCUT2D eigenvalue weighted by Gasteiger charge is 2.32. The topological polar surface area (TPSA) is 132 Å². The van der Waals surface area contributed by atoms with Crippen molar-refractivity contribution in [2.75, 3.05) is 18.4 Å². The van der Waals surface area contributed by atoms with E-state index in [9.17, 15) is 18.0 Å². The van der Waals surface area contributed by atoms with Gasteiger partial charge in [0.1, 0.15) is 4.88 Å². The minimum atomic E-state index is -3.68. The molecular weight excluding hydrogens is 404 g/mol. The first-order chi connectivity index (χ1) is 13.2. The number of sulfonamides is 1. The maximum Gasteiger partial charge on any atom is 0.260 e. The molecule has 0 aliphatic carbocycles. The van der Waals surface area contributed by atoms with Crippen molar-refractivity contribution in [3.05, 3.63) is 40.9 Å². The Hall–Kier alpha value is -2.34. The van der Waals surface area contributed by atoms with Gasteiger partial charge >= 0.3 is 0 Å². The maximum atomic E-state index is 12.8. The van der Waals surface area contributed by atoms with Gasteiger partial charge in [-0.05, 0) is 38.1 Å². The first-order valence-electron chi connectivity index (χ1n) is 8.49. The summed E-state index contributed by atoms with van der Waals surface area (Å²) in [4.78, 5) is 27.6. The second kappa shape index (κ2) is 7.95. The Balaban J connectivity index is 1.73. The number of thiazole rings is 1. The zero-order valence-electron chi connectivity index (χ0n) is 15.3. The van der Waals surface area contributed by atoms with E-state index in [1.807, 2.05) is 13.8 Å². The van der Waals surface area contributed by atoms with E-state index in [2.05, 4.69) is 10.3 Å². The van der Waals surface area contributed by atoms with Gasteiger partial charge in [-0.2, -0.15) is 4.31 Å². The highest BCUT2D eigenvalue weighted by Crippen LogP contribution is 2.22. The lowest BCUT2D eigenvalue weighted by Crippen LogP contribution is -2.48. The molecule has 1 aromatic heterocycles. The Morgan fingerprint density at radius 1 is 1.21 bits per heavy atom. The van der Waals surface area contributed by atoms with Crippen LogP contribution in [0.15, 0.2) is 35.4 Å². The van der Waals surface area contributed by atoms with E-state index in [-0.39, 0.29) is 45.8 Å². The molecule has 3 N–H and O–H groups in total. The summed E-state index contributed by atoms with van der Waals surface area (Å²) in [7, 11) is -3.68. The molecule has 1 aliphatic heterocycles. The predicted octanol–water partition coefficient (Wildman–Crippen LogP) is 1.29. The first kappa shape index (κ1) is 20.4. The van der Waals surface area contributed by atoms with Crippen molar-refractivity contribution in [1.82, 2.24) is 9.29 Å². The lowest BCUT2D eigenvalue weighted by atomic mass is 10.2. The highest BCUT2D eigenvalue weighted by atomic mass is 32.2. The summed E-state index contributed by atoms with van der Waals surface area (Å²) in [5, 5.41) is 2.78. The van der Waals surface area contributed by atoms with Gasteiger partial charge in [0.25, 0.3) is 11.8 Å². The molecule has 1 saturated heterocycles. The summed E-state index contributed by atoms with van der Waals surface area (Å²) in [5.41, 5.74) is 5.42. The van der Waals surface area contributed by atoms with Crippen molar-refractivity contribution in [1.29, 1.82) is 0 Å². The second-order valence-corrected chi connectivity index (χ2v) is 9.42. The zero-order chi connectivity index (χ0) is 20.5. The Labute approximate surface area is 166 Å². The molecule has 2 amide bonds. The van der Waals surface area contributed by atoms with E-state index in [0.717, 1.165) is 11.3 Å². The number of benzene rings is 1. The Bertz CT molecular complexity index is 977. The number of nitrogens with one attached hydrogen (secondary N) is 1. The summed E-state index contributed by atoms with van der Waals surface area (Å²) in [6.07, 6.45) is 0.905. The van der Waals surface area contributed by atoms with Crippen molar-refractivity contribution in [3.63, 3.8) is 0 Å². The molecule has 9 nitrogen and oxygen atoms in total. The molecule has 11 heteroatoms. The van der Waals surface area contributed by atoms with Gasteiger partial charge in [0.2, 0.25) is 10.0 Å². The molecule has 2 atom stereocenters. The third-order valence-electron chi connectivity index (χ3n) is 4.11. The molecule has 150 valence electrons. The number of ether oxygens (including phenoxy) is 1. The molecule has 0 bridgehead atoms. The maximum absolute atomic E-state index is 12.8. The number of primary amides is 1. The van der Waals surface area contributed by atoms with E-state index in [0.29, 0.717) is 0 Å². The van der Waals surface area contributed by atoms with Gasteiger partial charge < -0.3 is 10.5 Å². The van der Waals surface area contributed by atoms with Crippen molar-refractivity contribution < 1.29 is 22.7 Å². The number of hydrogen-bond donors (Lipinski definition) is 2. The summed E-state index contributed by atoms with van der Waals surface area (Å²) in [6, 6.07) is 5.65. The van der Waals surface area contributed by atoms with Crippen molar-refractivity contribution in [2.45, 2.75) is 31.0 Å². The van der Waals surface area contributed by atoms with Crippen molar-refractivity contribution >= 4 is 38.3 Å². The minimum Gasteiger partial charge on any atom is -0.373 e. The van der Waals surface area contributed by atoms with Crippen LogP contribution in [0.4, 0.5) is 5.13 Å². The number of morpholine rings is 1. The average molecular weight is 425 g/mol. The van der Waals surface area contributed by atoms with E-state index < -0.39 is 21.8 Å². The van der Waals surface area contributed by atoms with Gasteiger partial charge in [0.05, 0.1) is 23.3 Å². The van der Waals surface area contributed by atoms with Crippen LogP contribution in [0.5, 0.6) is 0 Å². The van der Waals surface area contributed by atoms with Crippen LogP contribution in [-0.2, 0) is 14.8 Å². The molecule has 0 unspecified atom stereocenters. The molecule has 1 fully saturated rings. The summed E-state index contributed by atoms with van der Waals surface area (Å²) >= 11 is 0.959. The van der Waals surface area contributed by atoms with Crippen LogP contribution in [0.25, 0.3) is 0 Å². The highest BCUT2D eigenvalue weighted by molar-refractivity contribution is 7.89. The number of amides is 2. The van der Waals surface area contributed by atoms with Crippen LogP contribution in [0.1, 0.15) is 33.9 Å². The van der Waals surface area contributed by atoms with Gasteiger partial charge in [-0.25, -0.2) is 13.4 Å². The minimum absolute atomic E-state index is 0.107. The molecule has 28 heavy (non-hydrogen) atoms. The van der Waals surface area contributed by atoms with Gasteiger partial charge in [-0.1, -0.05) is 11.3 Å². The summed E-state index contributed by atoms with van der Waals surface area (Å²) in [6.45, 7) is 4.21. The summed E-state index contributed by atoms with van der Waals surface area (Å²) in [5.74, 6) is -1.10. The number of rotatable bonds is 5. The van der Waals surface area contributed by atoms with Crippen molar-refractivity contribution in [3.8, 4) is 0 Å². The average Bonchev–Trinajstić information content (AvgIpc) is 3.10. The Morgan fingerprint density at radius 3 is 2.36 bits per heavy atom. The van der Waals surface area contributed by atoms with Gasteiger partial charge in [0, 0.05) is 18.7 Å². The smallest absolute Gasteiger partial charge is 0.260 e. The van der Waals surface area contributed by atoms with Gasteiger partial charge in [0.15, 0.2) is 5.13 Å². The number of nitrogens with two attached hydrogens (primary N) is 1. The monoisotopic (exact) mass is 424 g/mol. The quantitative estimate of drug-likeness (QED) is 0.743. The number of carbonyl (C=O) groups excluding carboxylic acids is 2. The van der Waals surface area contributed by atoms with Gasteiger partial charge in [-0.15, -0.1) is 0 Å². The van der Waals surface area contributed by atoms with Crippen LogP contribution >= 0.6 is 11.3 Å². The lowest BCUT2D eigenvalue weighted by molar-refractivity contribution is -0.0440. The molecule has 2 aromatic rings. The Kier molecular flexibility index (Phi) is 5.79. The molecule has 2 heterocycles. The van der Waals surface area contributed by atoms with E-state index in [1.54, 1.807) is 0 Å². The number of carbonyl (C=O) groups is 2. The first-order valence-corrected chi connectivity index (χ1v) is 10.7. The lowest BCUT2D eigenvalue weighted by Gasteiger charge is -2.34. The fourth-order valence-corrected chi connectivity index (χ4v) is 5.12. The van der Waals surface area contributed by atoms with Crippen molar-refractivity contribution in [2.24, 2.45) is 5.73 Å². The number of aromatic nitrogens is 1. The van der Waals surface area contributed by atoms with Crippen LogP contribution in [0.2, 0.25) is 0 Å². The number of hydrogen-bond acceptors (Lipinski definition) is 7. The molecule has 0 radical (unpaired) electrons. The van der Waals surface area contributed by atoms with E-state index >= 15 is 0 Å². The zero-order valence-corrected chi connectivity index (χ0v) is 16.9. The molecule has 1 aromatic carbocycles. The third-order valence-corrected chi connectivity index (χ3v) is 6.88. The van der Waals surface area contributed by atoms with E-state index in [4.69, 9.17) is 10.5 Å². The van der Waals surface area contributed by atoms with Crippen LogP contribution < -0.4 is 11.1 Å². The molecule has 1 aliphatic rings. The fraction of sp³-hybridized carbons (Fsp3) is 0.353. The standard InChI is InChI=1S/C17H20N4O5S2/c1-10-8-21(9-11(2)26-10)28(24,25)13-5-3-12(4-6-13)16(23)20-17-19-7-14(27-17)15(18)22/h3-7,10-11H,8-9H2,1-2H3,(H2,18,22)(H,19,20,23)/t10-,11-/m1/s1. The SMILES string of the molecule is C[C@@H]1CN(S(=O)(=O)c2ccc(C(=O)Nc3ncc(C(N)=O)s3)cc2)C[C@@H](C)O1. The summed E-state index contributed by atoms with van der Waals surface area (Å²) < 4.78 is 32.6. The van der Waals surface area contributed by atoms with Gasteiger partial charge in [-0.3, -0.25) is 14.9 Å². The molecular formula is C17H20N4O5S2. The fourth-order valence-electron chi connectivity index (χ4n) is 2.87. The molecule has 0 spiro atoms. The normalized spacial score (nSPS) is 20.6. The molecule has 0 saturated carbocycles. The van der Waals surface area contributed by atoms with E-state index in [1.165, 1.54) is 34.8 Å². The van der Waals surface area contributed by atoms with Crippen LogP contribution in [0, 0.1) is 0 Å². The van der Waals surface area contributed by atoms with Crippen LogP contribution in [0.3, 0.4) is 0 Å². The number of nitrogens with zero attached hydrogens (tertiary/aromatic N) is 2. The Morgan fingerprint density at radius 2 is 1.82 bits per heavy atom. The third kappa shape index (κ3) is 4.38. The largest absolute Gasteiger partial charge is 0.373 e.